The summed E-state index contributed by atoms with van der Waals surface area (Å²) in [6.07, 6.45) is 0.377. The highest BCUT2D eigenvalue weighted by atomic mass is 35.5. The maximum absolute atomic E-state index is 10.8. The van der Waals surface area contributed by atoms with Crippen LogP contribution in [0.25, 0.3) is 0 Å². The first-order valence-corrected chi connectivity index (χ1v) is 5.21. The first kappa shape index (κ1) is 14.6. The molecule has 2 atom stereocenters. The van der Waals surface area contributed by atoms with Gasteiger partial charge in [0, 0.05) is 0 Å². The van der Waals surface area contributed by atoms with Gasteiger partial charge in [-0.05, 0) is 11.6 Å². The second-order valence-electron chi connectivity index (χ2n) is 3.08. The predicted molar refractivity (Wildman–Crippen MR) is 60.2 cm³/mol. The maximum atomic E-state index is 10.8. The van der Waals surface area contributed by atoms with E-state index in [1.807, 2.05) is 0 Å². The van der Waals surface area contributed by atoms with Crippen molar-refractivity contribution in [1.82, 2.24) is 0 Å². The van der Waals surface area contributed by atoms with Gasteiger partial charge < -0.3 is 0 Å². The number of hydrogen-bond acceptors (Lipinski definition) is 6. The Balaban J connectivity index is 3.57. The highest BCUT2D eigenvalue weighted by Gasteiger charge is 2.57. The molecule has 0 amide bonds. The van der Waals surface area contributed by atoms with Crippen LogP contribution in [0.4, 0.5) is 0 Å². The van der Waals surface area contributed by atoms with Crippen molar-refractivity contribution in [2.75, 3.05) is 0 Å². The van der Waals surface area contributed by atoms with Crippen LogP contribution in [0.1, 0.15) is 0 Å². The van der Waals surface area contributed by atoms with E-state index in [2.05, 4.69) is 0 Å². The lowest BCUT2D eigenvalue weighted by atomic mass is 10.0. The van der Waals surface area contributed by atoms with Crippen LogP contribution in [0.2, 0.25) is 0 Å². The fourth-order valence-corrected chi connectivity index (χ4v) is 2.11. The zero-order chi connectivity index (χ0) is 14.2. The summed E-state index contributed by atoms with van der Waals surface area (Å²) in [5, 5.41) is 29.3. The van der Waals surface area contributed by atoms with E-state index >= 15 is 0 Å². The van der Waals surface area contributed by atoms with Crippen LogP contribution in [0.5, 0.6) is 0 Å². The van der Waals surface area contributed by atoms with Gasteiger partial charge in [0.1, 0.15) is 0 Å². The van der Waals surface area contributed by atoms with Gasteiger partial charge in [0.15, 0.2) is 5.03 Å². The van der Waals surface area contributed by atoms with Crippen LogP contribution in [0, 0.1) is 30.3 Å². The monoisotopic (exact) mass is 317 g/mol. The van der Waals surface area contributed by atoms with Gasteiger partial charge in [-0.2, -0.15) is 0 Å². The van der Waals surface area contributed by atoms with E-state index in [-0.39, 0.29) is 0 Å². The lowest BCUT2D eigenvalue weighted by Crippen LogP contribution is -2.39. The van der Waals surface area contributed by atoms with Crippen LogP contribution in [-0.4, -0.2) is 25.1 Å². The highest BCUT2D eigenvalue weighted by Crippen LogP contribution is 2.42. The van der Waals surface area contributed by atoms with Gasteiger partial charge >= 0.3 is 5.00 Å². The Labute approximate surface area is 113 Å². The molecule has 9 nitrogen and oxygen atoms in total. The van der Waals surface area contributed by atoms with Gasteiger partial charge in [0.25, 0.3) is 11.4 Å². The summed E-state index contributed by atoms with van der Waals surface area (Å²) in [5.41, 5.74) is -2.06. The van der Waals surface area contributed by atoms with Gasteiger partial charge in [0.2, 0.25) is 5.38 Å². The number of hydrogen-bond donors (Lipinski definition) is 0. The molecule has 1 aliphatic carbocycles. The van der Waals surface area contributed by atoms with E-state index in [4.69, 9.17) is 34.8 Å². The van der Waals surface area contributed by atoms with E-state index in [1.165, 1.54) is 0 Å². The summed E-state index contributed by atoms with van der Waals surface area (Å²) in [6.45, 7) is 0. The molecule has 0 aromatic carbocycles. The van der Waals surface area contributed by atoms with Crippen molar-refractivity contribution in [2.45, 2.75) is 10.4 Å². The van der Waals surface area contributed by atoms with Crippen molar-refractivity contribution in [3.05, 3.63) is 52.8 Å². The molecule has 98 valence electrons. The average molecular weight is 318 g/mol. The predicted octanol–water partition coefficient (Wildman–Crippen LogP) is 1.71. The van der Waals surface area contributed by atoms with Gasteiger partial charge in [-0.15, -0.1) is 0 Å². The first-order valence-electron chi connectivity index (χ1n) is 4.02. The molecule has 18 heavy (non-hydrogen) atoms. The molecule has 0 aliphatic heterocycles. The number of nitrogens with zero attached hydrogens (tertiary/aromatic N) is 3. The van der Waals surface area contributed by atoms with Crippen molar-refractivity contribution in [2.24, 2.45) is 0 Å². The molecule has 1 rings (SSSR count). The SMILES string of the molecule is O=[N+]([O-])C1=CC(Cl)([N+](=O)[O-])C(Cl)=C([N+](=O)[O-])C1Cl. The van der Waals surface area contributed by atoms with Gasteiger partial charge in [-0.3, -0.25) is 30.3 Å². The molecule has 12 heteroatoms. The van der Waals surface area contributed by atoms with Crippen molar-refractivity contribution in [1.29, 1.82) is 0 Å². The molecule has 0 heterocycles. The van der Waals surface area contributed by atoms with Crippen molar-refractivity contribution in [3.63, 3.8) is 0 Å². The molecular formula is C6H2Cl3N3O6. The van der Waals surface area contributed by atoms with E-state index < -0.39 is 41.6 Å². The maximum Gasteiger partial charge on any atom is 0.362 e. The third-order valence-corrected chi connectivity index (χ3v) is 3.49. The van der Waals surface area contributed by atoms with Crippen LogP contribution >= 0.6 is 34.8 Å². The first-order chi connectivity index (χ1) is 8.12. The lowest BCUT2D eigenvalue weighted by molar-refractivity contribution is -0.523. The van der Waals surface area contributed by atoms with Crippen LogP contribution in [0.15, 0.2) is 22.5 Å². The smallest absolute Gasteiger partial charge is 0.262 e. The molecule has 0 N–H and O–H groups in total. The number of rotatable bonds is 3. The number of alkyl halides is 2. The highest BCUT2D eigenvalue weighted by molar-refractivity contribution is 6.40. The Hall–Kier alpha value is -1.45. The Morgan fingerprint density at radius 3 is 2.00 bits per heavy atom. The third-order valence-electron chi connectivity index (χ3n) is 2.04. The largest absolute Gasteiger partial charge is 0.362 e. The number of halogens is 3. The fourth-order valence-electron chi connectivity index (χ4n) is 1.21. The summed E-state index contributed by atoms with van der Waals surface area (Å²) >= 11 is 16.4. The second-order valence-corrected chi connectivity index (χ2v) is 4.47. The molecular weight excluding hydrogens is 316 g/mol. The average Bonchev–Trinajstić information content (AvgIpc) is 2.22. The molecule has 0 aromatic heterocycles. The van der Waals surface area contributed by atoms with E-state index in [0.29, 0.717) is 6.08 Å². The Morgan fingerprint density at radius 1 is 1.17 bits per heavy atom. The van der Waals surface area contributed by atoms with Gasteiger partial charge in [0.05, 0.1) is 20.8 Å². The fraction of sp³-hybridized carbons (Fsp3) is 0.333. The standard InChI is InChI=1S/C6H2Cl3N3O6/c7-3-2(10(13)14)1-6(9,12(17)18)5(8)4(3)11(15)16/h1,3H. The molecule has 0 saturated heterocycles. The quantitative estimate of drug-likeness (QED) is 0.337. The van der Waals surface area contributed by atoms with E-state index in [9.17, 15) is 30.3 Å². The Morgan fingerprint density at radius 2 is 1.67 bits per heavy atom. The normalized spacial score (nSPS) is 27.7. The van der Waals surface area contributed by atoms with Crippen LogP contribution in [-0.2, 0) is 0 Å². The van der Waals surface area contributed by atoms with E-state index in [0.717, 1.165) is 0 Å². The van der Waals surface area contributed by atoms with Crippen molar-refractivity contribution < 1.29 is 14.8 Å². The van der Waals surface area contributed by atoms with Gasteiger partial charge in [-0.25, -0.2) is 0 Å². The van der Waals surface area contributed by atoms with Crippen molar-refractivity contribution >= 4 is 34.8 Å². The summed E-state index contributed by atoms with van der Waals surface area (Å²) in [6, 6.07) is 0. The lowest BCUT2D eigenvalue weighted by Gasteiger charge is -2.19. The Bertz CT molecular complexity index is 517. The molecule has 0 saturated carbocycles. The topological polar surface area (TPSA) is 129 Å². The minimum atomic E-state index is -2.77. The molecule has 0 spiro atoms. The number of nitro groups is 3. The van der Waals surface area contributed by atoms with Crippen molar-refractivity contribution in [3.8, 4) is 0 Å². The molecule has 0 bridgehead atoms. The summed E-state index contributed by atoms with van der Waals surface area (Å²) < 4.78 is 0. The molecule has 0 radical (unpaired) electrons. The Kier molecular flexibility index (Phi) is 3.79. The molecule has 0 fully saturated rings. The zero-order valence-corrected chi connectivity index (χ0v) is 10.3. The zero-order valence-electron chi connectivity index (χ0n) is 8.08. The van der Waals surface area contributed by atoms with Crippen LogP contribution in [0.3, 0.4) is 0 Å². The summed E-state index contributed by atoms with van der Waals surface area (Å²) in [7, 11) is 0. The van der Waals surface area contributed by atoms with E-state index in [1.54, 1.807) is 0 Å². The molecule has 2 unspecified atom stereocenters. The summed E-state index contributed by atoms with van der Waals surface area (Å²) in [5.74, 6) is 0. The molecule has 0 aromatic rings. The minimum Gasteiger partial charge on any atom is -0.262 e. The minimum absolute atomic E-state index is 0.377. The third kappa shape index (κ3) is 2.11. The molecule has 1 aliphatic rings. The second kappa shape index (κ2) is 4.67. The summed E-state index contributed by atoms with van der Waals surface area (Å²) in [4.78, 5) is 25.9. The van der Waals surface area contributed by atoms with Gasteiger partial charge in [-0.1, -0.05) is 23.2 Å². The van der Waals surface area contributed by atoms with Crippen LogP contribution < -0.4 is 0 Å².